The van der Waals surface area contributed by atoms with Crippen LogP contribution in [0.2, 0.25) is 0 Å². The molecule has 1 heterocycles. The summed E-state index contributed by atoms with van der Waals surface area (Å²) in [6.07, 6.45) is 7.49. The molecule has 0 spiro atoms. The molecule has 2 aliphatic carbocycles. The van der Waals surface area contributed by atoms with Gasteiger partial charge in [-0.3, -0.25) is 0 Å². The quantitative estimate of drug-likeness (QED) is 0.747. The number of hydrogen-bond donors (Lipinski definition) is 2. The third-order valence-electron chi connectivity index (χ3n) is 4.53. The van der Waals surface area contributed by atoms with Crippen LogP contribution in [0, 0.1) is 5.92 Å². The summed E-state index contributed by atoms with van der Waals surface area (Å²) in [4.78, 5) is 2.66. The Labute approximate surface area is 98.2 Å². The van der Waals surface area contributed by atoms with E-state index in [1.54, 1.807) is 0 Å². The Balaban J connectivity index is 1.39. The van der Waals surface area contributed by atoms with E-state index < -0.39 is 0 Å². The second-order valence-electron chi connectivity index (χ2n) is 5.89. The minimum absolute atomic E-state index is 0.0825. The molecule has 2 N–H and O–H groups in total. The average molecular weight is 224 g/mol. The average Bonchev–Trinajstić information content (AvgIpc) is 2.89. The van der Waals surface area contributed by atoms with Crippen LogP contribution in [-0.2, 0) is 0 Å². The maximum atomic E-state index is 9.74. The first-order valence-electron chi connectivity index (χ1n) is 6.98. The molecule has 0 aromatic heterocycles. The number of hydrogen-bond acceptors (Lipinski definition) is 3. The summed E-state index contributed by atoms with van der Waals surface area (Å²) < 4.78 is 0. The SMILES string of the molecule is O[C@H]1CCC[C@@H]1NCC1CCN(C2CC2)C1. The predicted octanol–water partition coefficient (Wildman–Crippen LogP) is 0.974. The van der Waals surface area contributed by atoms with E-state index in [4.69, 9.17) is 0 Å². The van der Waals surface area contributed by atoms with Crippen molar-refractivity contribution < 1.29 is 5.11 Å². The van der Waals surface area contributed by atoms with Gasteiger partial charge in [0.25, 0.3) is 0 Å². The second-order valence-corrected chi connectivity index (χ2v) is 5.89. The second kappa shape index (κ2) is 4.63. The fourth-order valence-electron chi connectivity index (χ4n) is 3.30. The van der Waals surface area contributed by atoms with Crippen LogP contribution in [0.4, 0.5) is 0 Å². The number of nitrogens with zero attached hydrogens (tertiary/aromatic N) is 1. The molecule has 1 unspecified atom stereocenters. The Morgan fingerprint density at radius 2 is 2.00 bits per heavy atom. The molecule has 92 valence electrons. The van der Waals surface area contributed by atoms with Gasteiger partial charge in [0.2, 0.25) is 0 Å². The molecule has 3 heteroatoms. The maximum Gasteiger partial charge on any atom is 0.0693 e. The van der Waals surface area contributed by atoms with Crippen molar-refractivity contribution in [1.82, 2.24) is 10.2 Å². The fraction of sp³-hybridized carbons (Fsp3) is 1.00. The van der Waals surface area contributed by atoms with Crippen molar-refractivity contribution in [3.8, 4) is 0 Å². The molecule has 2 saturated carbocycles. The first-order valence-corrected chi connectivity index (χ1v) is 6.98. The van der Waals surface area contributed by atoms with Gasteiger partial charge in [0.1, 0.15) is 0 Å². The Bertz CT molecular complexity index is 242. The molecular weight excluding hydrogens is 200 g/mol. The summed E-state index contributed by atoms with van der Waals surface area (Å²) in [5.74, 6) is 0.827. The van der Waals surface area contributed by atoms with Gasteiger partial charge in [-0.2, -0.15) is 0 Å². The van der Waals surface area contributed by atoms with Crippen molar-refractivity contribution in [2.24, 2.45) is 5.92 Å². The summed E-state index contributed by atoms with van der Waals surface area (Å²) in [5.41, 5.74) is 0. The highest BCUT2D eigenvalue weighted by Gasteiger charge is 2.34. The van der Waals surface area contributed by atoms with E-state index >= 15 is 0 Å². The van der Waals surface area contributed by atoms with E-state index in [0.717, 1.165) is 24.9 Å². The van der Waals surface area contributed by atoms with Gasteiger partial charge in [-0.05, 0) is 57.5 Å². The standard InChI is InChI=1S/C13H24N2O/c16-13-3-1-2-12(13)14-8-10-6-7-15(9-10)11-4-5-11/h10-14,16H,1-9H2/t10?,12-,13-/m0/s1. The Kier molecular flexibility index (Phi) is 3.18. The van der Waals surface area contributed by atoms with Crippen molar-refractivity contribution in [1.29, 1.82) is 0 Å². The predicted molar refractivity (Wildman–Crippen MR) is 64.4 cm³/mol. The van der Waals surface area contributed by atoms with Crippen molar-refractivity contribution in [3.63, 3.8) is 0 Å². The molecule has 3 aliphatic rings. The van der Waals surface area contributed by atoms with Gasteiger partial charge >= 0.3 is 0 Å². The summed E-state index contributed by atoms with van der Waals surface area (Å²) in [7, 11) is 0. The molecule has 3 rings (SSSR count). The van der Waals surface area contributed by atoms with Crippen LogP contribution in [0.5, 0.6) is 0 Å². The lowest BCUT2D eigenvalue weighted by molar-refractivity contribution is 0.146. The number of aliphatic hydroxyl groups excluding tert-OH is 1. The minimum atomic E-state index is -0.0825. The molecular formula is C13H24N2O. The normalized spacial score (nSPS) is 40.7. The van der Waals surface area contributed by atoms with E-state index in [-0.39, 0.29) is 6.10 Å². The summed E-state index contributed by atoms with van der Waals surface area (Å²) in [5, 5.41) is 13.3. The third-order valence-corrected chi connectivity index (χ3v) is 4.53. The number of rotatable bonds is 4. The van der Waals surface area contributed by atoms with Crippen LogP contribution < -0.4 is 5.32 Å². The fourth-order valence-corrected chi connectivity index (χ4v) is 3.30. The molecule has 0 radical (unpaired) electrons. The van der Waals surface area contributed by atoms with E-state index in [1.165, 1.54) is 45.2 Å². The molecule has 1 aliphatic heterocycles. The van der Waals surface area contributed by atoms with Crippen molar-refractivity contribution >= 4 is 0 Å². The molecule has 1 saturated heterocycles. The lowest BCUT2D eigenvalue weighted by Gasteiger charge is -2.20. The van der Waals surface area contributed by atoms with Gasteiger partial charge < -0.3 is 15.3 Å². The van der Waals surface area contributed by atoms with Crippen molar-refractivity contribution in [3.05, 3.63) is 0 Å². The van der Waals surface area contributed by atoms with Crippen LogP contribution in [0.3, 0.4) is 0 Å². The summed E-state index contributed by atoms with van der Waals surface area (Å²) >= 11 is 0. The highest BCUT2D eigenvalue weighted by Crippen LogP contribution is 2.31. The molecule has 3 nitrogen and oxygen atoms in total. The van der Waals surface area contributed by atoms with E-state index in [1.807, 2.05) is 0 Å². The third kappa shape index (κ3) is 2.41. The first kappa shape index (κ1) is 11.0. The molecule has 0 aromatic carbocycles. The van der Waals surface area contributed by atoms with E-state index in [0.29, 0.717) is 6.04 Å². The molecule has 0 bridgehead atoms. The van der Waals surface area contributed by atoms with Gasteiger partial charge in [0, 0.05) is 18.6 Å². The zero-order valence-electron chi connectivity index (χ0n) is 10.1. The zero-order valence-corrected chi connectivity index (χ0v) is 10.1. The van der Waals surface area contributed by atoms with Crippen molar-refractivity contribution in [2.75, 3.05) is 19.6 Å². The Hall–Kier alpha value is -0.120. The maximum absolute atomic E-state index is 9.74. The van der Waals surface area contributed by atoms with Gasteiger partial charge in [0.05, 0.1) is 6.10 Å². The van der Waals surface area contributed by atoms with Crippen LogP contribution in [0.15, 0.2) is 0 Å². The van der Waals surface area contributed by atoms with Crippen LogP contribution in [0.1, 0.15) is 38.5 Å². The molecule has 3 fully saturated rings. The Morgan fingerprint density at radius 1 is 1.12 bits per heavy atom. The summed E-state index contributed by atoms with van der Waals surface area (Å²) in [6.45, 7) is 3.72. The highest BCUT2D eigenvalue weighted by molar-refractivity contribution is 4.91. The molecule has 0 aromatic rings. The van der Waals surface area contributed by atoms with Crippen LogP contribution >= 0.6 is 0 Å². The van der Waals surface area contributed by atoms with Crippen LogP contribution in [0.25, 0.3) is 0 Å². The van der Waals surface area contributed by atoms with Gasteiger partial charge in [0.15, 0.2) is 0 Å². The monoisotopic (exact) mass is 224 g/mol. The Morgan fingerprint density at radius 3 is 2.69 bits per heavy atom. The number of likely N-dealkylation sites (tertiary alicyclic amines) is 1. The topological polar surface area (TPSA) is 35.5 Å². The lowest BCUT2D eigenvalue weighted by atomic mass is 10.1. The smallest absolute Gasteiger partial charge is 0.0693 e. The zero-order chi connectivity index (χ0) is 11.0. The lowest BCUT2D eigenvalue weighted by Crippen LogP contribution is -2.39. The number of nitrogens with one attached hydrogen (secondary N) is 1. The molecule has 0 amide bonds. The largest absolute Gasteiger partial charge is 0.392 e. The highest BCUT2D eigenvalue weighted by atomic mass is 16.3. The van der Waals surface area contributed by atoms with Crippen molar-refractivity contribution in [2.45, 2.75) is 56.7 Å². The molecule has 3 atom stereocenters. The first-order chi connectivity index (χ1) is 7.83. The van der Waals surface area contributed by atoms with E-state index in [9.17, 15) is 5.11 Å². The van der Waals surface area contributed by atoms with Gasteiger partial charge in [-0.1, -0.05) is 0 Å². The van der Waals surface area contributed by atoms with E-state index in [2.05, 4.69) is 10.2 Å². The van der Waals surface area contributed by atoms with Gasteiger partial charge in [-0.25, -0.2) is 0 Å². The summed E-state index contributed by atoms with van der Waals surface area (Å²) in [6, 6.07) is 1.32. The van der Waals surface area contributed by atoms with Crippen LogP contribution in [-0.4, -0.2) is 47.8 Å². The number of aliphatic hydroxyl groups is 1. The van der Waals surface area contributed by atoms with Gasteiger partial charge in [-0.15, -0.1) is 0 Å². The minimum Gasteiger partial charge on any atom is -0.392 e. The molecule has 16 heavy (non-hydrogen) atoms.